The van der Waals surface area contributed by atoms with Gasteiger partial charge < -0.3 is 19.5 Å². The smallest absolute Gasteiger partial charge is 0.341 e. The van der Waals surface area contributed by atoms with E-state index in [4.69, 9.17) is 26.2 Å². The molecular formula is C25H20ClN3O5. The highest BCUT2D eigenvalue weighted by Gasteiger charge is 2.34. The van der Waals surface area contributed by atoms with Gasteiger partial charge in [0.05, 0.1) is 6.04 Å². The summed E-state index contributed by atoms with van der Waals surface area (Å²) in [5.74, 6) is -0.876. The second-order valence-corrected chi connectivity index (χ2v) is 7.99. The highest BCUT2D eigenvalue weighted by molar-refractivity contribution is 6.30. The number of hydrogen-bond acceptors (Lipinski definition) is 6. The first-order valence-electron chi connectivity index (χ1n) is 10.5. The average Bonchev–Trinajstić information content (AvgIpc) is 2.85. The molecule has 1 aliphatic heterocycles. The number of amides is 1. The summed E-state index contributed by atoms with van der Waals surface area (Å²) in [7, 11) is 0. The molecule has 2 heterocycles. The third kappa shape index (κ3) is 4.95. The number of aromatic nitrogens is 1. The number of halogens is 1. The molecule has 0 saturated heterocycles. The van der Waals surface area contributed by atoms with E-state index in [1.807, 2.05) is 30.3 Å². The number of carboxylic acids is 1. The third-order valence-corrected chi connectivity index (χ3v) is 5.68. The summed E-state index contributed by atoms with van der Waals surface area (Å²) in [5.41, 5.74) is 2.63. The number of fused-ring (bicyclic) bond motifs is 1. The molecule has 172 valence electrons. The molecule has 2 aromatic carbocycles. The molecule has 8 nitrogen and oxygen atoms in total. The monoisotopic (exact) mass is 477 g/mol. The molecule has 0 bridgehead atoms. The van der Waals surface area contributed by atoms with Crippen molar-refractivity contribution in [3.63, 3.8) is 0 Å². The van der Waals surface area contributed by atoms with Crippen LogP contribution in [0.1, 0.15) is 28.4 Å². The second kappa shape index (κ2) is 10.2. The van der Waals surface area contributed by atoms with Crippen LogP contribution in [-0.4, -0.2) is 46.6 Å². The Morgan fingerprint density at radius 1 is 1.09 bits per heavy atom. The summed E-state index contributed by atoms with van der Waals surface area (Å²) >= 11 is 6.29. The Morgan fingerprint density at radius 3 is 2.68 bits per heavy atom. The van der Waals surface area contributed by atoms with Gasteiger partial charge in [-0.15, -0.1) is 0 Å². The minimum Gasteiger partial charge on any atom is -0.482 e. The van der Waals surface area contributed by atoms with Crippen molar-refractivity contribution in [1.29, 1.82) is 5.26 Å². The van der Waals surface area contributed by atoms with Crippen LogP contribution in [0, 0.1) is 11.3 Å². The Balaban J connectivity index is 1.69. The molecule has 0 saturated carbocycles. The predicted octanol–water partition coefficient (Wildman–Crippen LogP) is 3.62. The van der Waals surface area contributed by atoms with Crippen molar-refractivity contribution in [2.24, 2.45) is 0 Å². The molecule has 0 fully saturated rings. The molecule has 1 aliphatic rings. The Bertz CT molecular complexity index is 1270. The van der Waals surface area contributed by atoms with Gasteiger partial charge in [0, 0.05) is 23.3 Å². The Labute approximate surface area is 200 Å². The summed E-state index contributed by atoms with van der Waals surface area (Å²) in [6, 6.07) is 17.2. The lowest BCUT2D eigenvalue weighted by molar-refractivity contribution is -0.139. The normalized spacial score (nSPS) is 14.6. The fraction of sp³-hybridized carbons (Fsp3) is 0.200. The average molecular weight is 478 g/mol. The molecule has 0 aliphatic carbocycles. The molecule has 4 rings (SSSR count). The molecule has 0 radical (unpaired) electrons. The van der Waals surface area contributed by atoms with Gasteiger partial charge in [0.25, 0.3) is 5.91 Å². The number of hydrogen-bond donors (Lipinski definition) is 1. The largest absolute Gasteiger partial charge is 0.482 e. The van der Waals surface area contributed by atoms with E-state index in [9.17, 15) is 14.9 Å². The molecule has 34 heavy (non-hydrogen) atoms. The minimum atomic E-state index is -1.11. The van der Waals surface area contributed by atoms with Crippen LogP contribution in [0.15, 0.2) is 60.8 Å². The van der Waals surface area contributed by atoms with Gasteiger partial charge in [-0.3, -0.25) is 4.79 Å². The maximum atomic E-state index is 13.4. The SMILES string of the molecule is N#Cc1ncccc1OCC(=O)N1CCc2ccccc2C1c1cc(Cl)ccc1OCC(=O)O. The van der Waals surface area contributed by atoms with E-state index in [0.29, 0.717) is 29.3 Å². The zero-order valence-electron chi connectivity index (χ0n) is 18.0. The topological polar surface area (TPSA) is 113 Å². The van der Waals surface area contributed by atoms with Gasteiger partial charge in [-0.2, -0.15) is 5.26 Å². The Morgan fingerprint density at radius 2 is 1.88 bits per heavy atom. The number of pyridine rings is 1. The van der Waals surface area contributed by atoms with Crippen LogP contribution in [-0.2, 0) is 16.0 Å². The maximum absolute atomic E-state index is 13.4. The first kappa shape index (κ1) is 23.1. The van der Waals surface area contributed by atoms with E-state index >= 15 is 0 Å². The van der Waals surface area contributed by atoms with Crippen LogP contribution in [0.4, 0.5) is 0 Å². The predicted molar refractivity (Wildman–Crippen MR) is 123 cm³/mol. The lowest BCUT2D eigenvalue weighted by Gasteiger charge is -2.38. The first-order chi connectivity index (χ1) is 16.5. The van der Waals surface area contributed by atoms with Crippen LogP contribution >= 0.6 is 11.6 Å². The number of benzene rings is 2. The van der Waals surface area contributed by atoms with Crippen LogP contribution in [0.5, 0.6) is 11.5 Å². The van der Waals surface area contributed by atoms with Gasteiger partial charge in [0.2, 0.25) is 0 Å². The summed E-state index contributed by atoms with van der Waals surface area (Å²) in [4.78, 5) is 30.1. The lowest BCUT2D eigenvalue weighted by atomic mass is 9.87. The van der Waals surface area contributed by atoms with Crippen LogP contribution in [0.2, 0.25) is 5.02 Å². The number of carboxylic acid groups (broad SMARTS) is 1. The number of nitriles is 1. The quantitative estimate of drug-likeness (QED) is 0.552. The van der Waals surface area contributed by atoms with Crippen molar-refractivity contribution in [2.45, 2.75) is 12.5 Å². The van der Waals surface area contributed by atoms with Crippen LogP contribution in [0.25, 0.3) is 0 Å². The van der Waals surface area contributed by atoms with Crippen molar-refractivity contribution in [3.8, 4) is 17.6 Å². The number of carbonyl (C=O) groups is 2. The van der Waals surface area contributed by atoms with Crippen molar-refractivity contribution >= 4 is 23.5 Å². The van der Waals surface area contributed by atoms with E-state index in [-0.39, 0.29) is 24.0 Å². The third-order valence-electron chi connectivity index (χ3n) is 5.45. The Kier molecular flexibility index (Phi) is 6.95. The molecule has 0 spiro atoms. The number of carbonyl (C=O) groups excluding carboxylic acids is 1. The highest BCUT2D eigenvalue weighted by Crippen LogP contribution is 2.40. The first-order valence-corrected chi connectivity index (χ1v) is 10.8. The fourth-order valence-electron chi connectivity index (χ4n) is 3.99. The molecule has 1 N–H and O–H groups in total. The molecule has 1 amide bonds. The summed E-state index contributed by atoms with van der Waals surface area (Å²) < 4.78 is 11.2. The molecule has 3 aromatic rings. The van der Waals surface area contributed by atoms with E-state index in [1.54, 1.807) is 35.2 Å². The molecule has 1 aromatic heterocycles. The van der Waals surface area contributed by atoms with Gasteiger partial charge in [-0.25, -0.2) is 9.78 Å². The van der Waals surface area contributed by atoms with Crippen molar-refractivity contribution in [2.75, 3.05) is 19.8 Å². The summed E-state index contributed by atoms with van der Waals surface area (Å²) in [5, 5.41) is 18.7. The maximum Gasteiger partial charge on any atom is 0.341 e. The molecule has 1 atom stereocenters. The van der Waals surface area contributed by atoms with Crippen molar-refractivity contribution in [3.05, 3.63) is 88.2 Å². The van der Waals surface area contributed by atoms with Gasteiger partial charge in [0.15, 0.2) is 24.7 Å². The number of nitrogens with zero attached hydrogens (tertiary/aromatic N) is 3. The van der Waals surface area contributed by atoms with Crippen LogP contribution in [0.3, 0.4) is 0 Å². The number of ether oxygens (including phenoxy) is 2. The van der Waals surface area contributed by atoms with Crippen molar-refractivity contribution < 1.29 is 24.2 Å². The Hall–Kier alpha value is -4.09. The van der Waals surface area contributed by atoms with Gasteiger partial charge in [-0.05, 0) is 47.9 Å². The van der Waals surface area contributed by atoms with E-state index in [1.165, 1.54) is 6.20 Å². The van der Waals surface area contributed by atoms with Gasteiger partial charge in [-0.1, -0.05) is 35.9 Å². The van der Waals surface area contributed by atoms with E-state index in [2.05, 4.69) is 4.98 Å². The summed E-state index contributed by atoms with van der Waals surface area (Å²) in [6.45, 7) is -0.421. The molecule has 9 heteroatoms. The minimum absolute atomic E-state index is 0.0926. The standard InChI is InChI=1S/C25H20ClN3O5/c26-17-7-8-21(34-15-24(31)32)19(12-17)25-18-5-2-1-4-16(18)9-11-29(25)23(30)14-33-22-6-3-10-28-20(22)13-27/h1-8,10,12,25H,9,11,14-15H2,(H,31,32). The van der Waals surface area contributed by atoms with E-state index < -0.39 is 18.6 Å². The fourth-order valence-corrected chi connectivity index (χ4v) is 4.17. The summed E-state index contributed by atoms with van der Waals surface area (Å²) in [6.07, 6.45) is 2.11. The zero-order valence-corrected chi connectivity index (χ0v) is 18.7. The molecule has 1 unspecified atom stereocenters. The zero-order chi connectivity index (χ0) is 24.1. The lowest BCUT2D eigenvalue weighted by Crippen LogP contribution is -2.43. The van der Waals surface area contributed by atoms with Gasteiger partial charge >= 0.3 is 5.97 Å². The van der Waals surface area contributed by atoms with Crippen molar-refractivity contribution in [1.82, 2.24) is 9.88 Å². The highest BCUT2D eigenvalue weighted by atomic mass is 35.5. The number of rotatable bonds is 7. The number of aliphatic carboxylic acids is 1. The second-order valence-electron chi connectivity index (χ2n) is 7.55. The molecular weight excluding hydrogens is 458 g/mol. The van der Waals surface area contributed by atoms with Gasteiger partial charge in [0.1, 0.15) is 11.8 Å². The van der Waals surface area contributed by atoms with E-state index in [0.717, 1.165) is 11.1 Å². The van der Waals surface area contributed by atoms with Crippen LogP contribution < -0.4 is 9.47 Å².